The summed E-state index contributed by atoms with van der Waals surface area (Å²) in [6, 6.07) is 29.2. The quantitative estimate of drug-likeness (QED) is 0.121. The Morgan fingerprint density at radius 1 is 0.705 bits per heavy atom. The van der Waals surface area contributed by atoms with E-state index in [-0.39, 0.29) is 5.91 Å². The molecule has 0 fully saturated rings. The minimum absolute atomic E-state index is 0.172. The largest absolute Gasteiger partial charge is 0.497 e. The van der Waals surface area contributed by atoms with Gasteiger partial charge in [-0.05, 0) is 77.9 Å². The van der Waals surface area contributed by atoms with E-state index in [1.807, 2.05) is 42.5 Å². The van der Waals surface area contributed by atoms with Crippen molar-refractivity contribution >= 4 is 11.9 Å². The van der Waals surface area contributed by atoms with Gasteiger partial charge in [-0.2, -0.15) is 0 Å². The fourth-order valence-corrected chi connectivity index (χ4v) is 5.18. The van der Waals surface area contributed by atoms with Gasteiger partial charge in [-0.3, -0.25) is 4.79 Å². The van der Waals surface area contributed by atoms with Crippen LogP contribution in [0.3, 0.4) is 0 Å². The van der Waals surface area contributed by atoms with Gasteiger partial charge in [0.25, 0.3) is 5.91 Å². The van der Waals surface area contributed by atoms with Gasteiger partial charge in [0.15, 0.2) is 18.1 Å². The van der Waals surface area contributed by atoms with Crippen molar-refractivity contribution in [2.24, 2.45) is 0 Å². The summed E-state index contributed by atoms with van der Waals surface area (Å²) in [7, 11) is 3.12. The van der Waals surface area contributed by atoms with Crippen molar-refractivity contribution in [1.82, 2.24) is 5.32 Å². The van der Waals surface area contributed by atoms with Crippen LogP contribution in [0.2, 0.25) is 0 Å². The zero-order valence-electron chi connectivity index (χ0n) is 25.5. The van der Waals surface area contributed by atoms with Crippen LogP contribution in [0.1, 0.15) is 54.4 Å². The van der Waals surface area contributed by atoms with Crippen LogP contribution in [0.15, 0.2) is 91.0 Å². The number of amides is 1. The molecule has 4 aromatic carbocycles. The van der Waals surface area contributed by atoms with Gasteiger partial charge in [0, 0.05) is 17.7 Å². The maximum absolute atomic E-state index is 13.4. The van der Waals surface area contributed by atoms with Crippen molar-refractivity contribution in [2.75, 3.05) is 27.4 Å². The normalized spacial score (nSPS) is 10.7. The molecule has 0 heterocycles. The molecule has 7 nitrogen and oxygen atoms in total. The first-order chi connectivity index (χ1) is 21.5. The van der Waals surface area contributed by atoms with Crippen molar-refractivity contribution in [3.05, 3.63) is 102 Å². The van der Waals surface area contributed by atoms with Crippen molar-refractivity contribution in [3.8, 4) is 39.5 Å². The number of unbranched alkanes of at least 4 members (excludes halogenated alkanes) is 5. The van der Waals surface area contributed by atoms with Gasteiger partial charge in [0.1, 0.15) is 5.75 Å². The number of benzene rings is 4. The summed E-state index contributed by atoms with van der Waals surface area (Å²) in [4.78, 5) is 24.7. The van der Waals surface area contributed by atoms with Crippen LogP contribution in [0.25, 0.3) is 22.3 Å². The summed E-state index contributed by atoms with van der Waals surface area (Å²) in [5, 5.41) is 12.3. The van der Waals surface area contributed by atoms with Gasteiger partial charge in [-0.25, -0.2) is 4.79 Å². The second kappa shape index (κ2) is 16.8. The summed E-state index contributed by atoms with van der Waals surface area (Å²) in [5.41, 5.74) is 4.90. The Labute approximate surface area is 259 Å². The van der Waals surface area contributed by atoms with Crippen molar-refractivity contribution in [1.29, 1.82) is 0 Å². The molecule has 0 saturated carbocycles. The standard InChI is InChI=1S/C37H41NO6/c1-42-32-18-12-17-28(25-32)29-22-30(33-19-13-20-34(43-2)36(33)44-26-35(39)40)24-31(23-29)37(41)38-21-11-6-4-3-5-8-14-27-15-9-7-10-16-27/h7,9-10,12-13,15-20,22-25H,3-6,8,11,14,21,26H2,1-2H3,(H,38,41)(H,39,40). The number of methoxy groups -OCH3 is 2. The summed E-state index contributed by atoms with van der Waals surface area (Å²) in [6.07, 6.45) is 7.85. The maximum atomic E-state index is 13.4. The molecule has 0 aromatic heterocycles. The Kier molecular flexibility index (Phi) is 12.2. The van der Waals surface area contributed by atoms with E-state index in [9.17, 15) is 14.7 Å². The molecule has 0 aliphatic carbocycles. The van der Waals surface area contributed by atoms with Crippen molar-refractivity contribution < 1.29 is 28.9 Å². The molecule has 1 amide bonds. The number of carbonyl (C=O) groups excluding carboxylic acids is 1. The molecular weight excluding hydrogens is 554 g/mol. The van der Waals surface area contributed by atoms with E-state index in [4.69, 9.17) is 14.2 Å². The van der Waals surface area contributed by atoms with Gasteiger partial charge in [-0.1, -0.05) is 80.3 Å². The highest BCUT2D eigenvalue weighted by Crippen LogP contribution is 2.40. The molecule has 0 aliphatic heterocycles. The van der Waals surface area contributed by atoms with E-state index in [1.165, 1.54) is 31.9 Å². The fourth-order valence-electron chi connectivity index (χ4n) is 5.18. The zero-order valence-corrected chi connectivity index (χ0v) is 25.5. The second-order valence-corrected chi connectivity index (χ2v) is 10.7. The molecule has 0 unspecified atom stereocenters. The fraction of sp³-hybridized carbons (Fsp3) is 0.297. The highest BCUT2D eigenvalue weighted by atomic mass is 16.5. The molecule has 7 heteroatoms. The number of aryl methyl sites for hydroxylation is 1. The lowest BCUT2D eigenvalue weighted by Gasteiger charge is -2.16. The number of ether oxygens (including phenoxy) is 3. The smallest absolute Gasteiger partial charge is 0.341 e. The molecular formula is C37H41NO6. The number of aliphatic carboxylic acids is 1. The summed E-state index contributed by atoms with van der Waals surface area (Å²) in [5.74, 6) is 0.136. The number of hydrogen-bond acceptors (Lipinski definition) is 5. The lowest BCUT2D eigenvalue weighted by Crippen LogP contribution is -2.24. The predicted octanol–water partition coefficient (Wildman–Crippen LogP) is 7.81. The maximum Gasteiger partial charge on any atom is 0.341 e. The first-order valence-corrected chi connectivity index (χ1v) is 15.1. The minimum atomic E-state index is -1.10. The Morgan fingerprint density at radius 3 is 2.18 bits per heavy atom. The van der Waals surface area contributed by atoms with E-state index >= 15 is 0 Å². The molecule has 0 spiro atoms. The molecule has 44 heavy (non-hydrogen) atoms. The molecule has 0 aliphatic rings. The number of hydrogen-bond donors (Lipinski definition) is 2. The van der Waals surface area contributed by atoms with Crippen LogP contribution < -0.4 is 19.5 Å². The third-order valence-electron chi connectivity index (χ3n) is 7.47. The van der Waals surface area contributed by atoms with Crippen LogP contribution in [0.5, 0.6) is 17.2 Å². The molecule has 0 radical (unpaired) electrons. The summed E-state index contributed by atoms with van der Waals surface area (Å²) >= 11 is 0. The van der Waals surface area contributed by atoms with E-state index in [0.29, 0.717) is 40.5 Å². The number of rotatable bonds is 17. The van der Waals surface area contributed by atoms with Crippen LogP contribution >= 0.6 is 0 Å². The van der Waals surface area contributed by atoms with E-state index < -0.39 is 12.6 Å². The van der Waals surface area contributed by atoms with Crippen molar-refractivity contribution in [2.45, 2.75) is 44.9 Å². The predicted molar refractivity (Wildman–Crippen MR) is 174 cm³/mol. The lowest BCUT2D eigenvalue weighted by atomic mass is 9.95. The monoisotopic (exact) mass is 595 g/mol. The molecule has 4 rings (SSSR count). The van der Waals surface area contributed by atoms with Gasteiger partial charge in [0.2, 0.25) is 0 Å². The number of carbonyl (C=O) groups is 2. The van der Waals surface area contributed by atoms with Crippen molar-refractivity contribution in [3.63, 3.8) is 0 Å². The molecule has 0 saturated heterocycles. The Balaban J connectivity index is 1.45. The SMILES string of the molecule is COc1cccc(-c2cc(C(=O)NCCCCCCCCc3ccccc3)cc(-c3cccc(OC)c3OCC(=O)O)c2)c1. The van der Waals surface area contributed by atoms with Gasteiger partial charge in [-0.15, -0.1) is 0 Å². The number of para-hydroxylation sites is 1. The summed E-state index contributed by atoms with van der Waals surface area (Å²) < 4.78 is 16.6. The van der Waals surface area contributed by atoms with Crippen LogP contribution in [-0.4, -0.2) is 44.4 Å². The summed E-state index contributed by atoms with van der Waals surface area (Å²) in [6.45, 7) is 0.0665. The molecule has 230 valence electrons. The Morgan fingerprint density at radius 2 is 1.43 bits per heavy atom. The topological polar surface area (TPSA) is 94.1 Å². The van der Waals surface area contributed by atoms with Gasteiger partial charge < -0.3 is 24.6 Å². The lowest BCUT2D eigenvalue weighted by molar-refractivity contribution is -0.139. The molecule has 0 atom stereocenters. The van der Waals surface area contributed by atoms with Gasteiger partial charge >= 0.3 is 5.97 Å². The zero-order chi connectivity index (χ0) is 31.1. The van der Waals surface area contributed by atoms with Crippen LogP contribution in [0, 0.1) is 0 Å². The van der Waals surface area contributed by atoms with Crippen LogP contribution in [-0.2, 0) is 11.2 Å². The number of carboxylic acids is 1. The van der Waals surface area contributed by atoms with E-state index in [0.717, 1.165) is 36.8 Å². The first-order valence-electron chi connectivity index (χ1n) is 15.1. The van der Waals surface area contributed by atoms with E-state index in [1.54, 1.807) is 25.3 Å². The highest BCUT2D eigenvalue weighted by Gasteiger charge is 2.17. The average molecular weight is 596 g/mol. The third kappa shape index (κ3) is 9.36. The second-order valence-electron chi connectivity index (χ2n) is 10.7. The third-order valence-corrected chi connectivity index (χ3v) is 7.47. The number of carboxylic acid groups (broad SMARTS) is 1. The van der Waals surface area contributed by atoms with Crippen LogP contribution in [0.4, 0.5) is 0 Å². The molecule has 0 bridgehead atoms. The number of nitrogens with one attached hydrogen (secondary N) is 1. The minimum Gasteiger partial charge on any atom is -0.497 e. The average Bonchev–Trinajstić information content (AvgIpc) is 3.06. The van der Waals surface area contributed by atoms with Gasteiger partial charge in [0.05, 0.1) is 14.2 Å². The van der Waals surface area contributed by atoms with E-state index in [2.05, 4.69) is 35.6 Å². The molecule has 4 aromatic rings. The Bertz CT molecular complexity index is 1520. The molecule has 2 N–H and O–H groups in total. The first kappa shape index (κ1) is 32.1. The Hall–Kier alpha value is -4.78. The highest BCUT2D eigenvalue weighted by molar-refractivity contribution is 5.97.